The largest absolute Gasteiger partial charge is 0.459 e. The highest BCUT2D eigenvalue weighted by Crippen LogP contribution is 2.39. The average molecular weight is 445 g/mol. The maximum atomic E-state index is 12.6. The molecule has 2 saturated heterocycles. The van der Waals surface area contributed by atoms with Crippen LogP contribution in [0.15, 0.2) is 60.7 Å². The van der Waals surface area contributed by atoms with E-state index in [1.165, 1.54) is 0 Å². The molecule has 0 unspecified atom stereocenters. The summed E-state index contributed by atoms with van der Waals surface area (Å²) in [5.41, 5.74) is 0.0689. The normalized spacial score (nSPS) is 29.1. The average Bonchev–Trinajstić information content (AvgIpc) is 3.10. The number of carbonyl (C=O) groups excluding carboxylic acids is 2. The predicted octanol–water partition coefficient (Wildman–Crippen LogP) is 3.24. The van der Waals surface area contributed by atoms with Crippen LogP contribution >= 0.6 is 12.6 Å². The summed E-state index contributed by atoms with van der Waals surface area (Å²) in [4.78, 5) is 24.9. The van der Waals surface area contributed by atoms with Crippen LogP contribution in [0.3, 0.4) is 0 Å². The minimum absolute atomic E-state index is 0.0508. The first-order valence-corrected chi connectivity index (χ1v) is 10.5. The summed E-state index contributed by atoms with van der Waals surface area (Å²) >= 11 is 4.48. The van der Waals surface area contributed by atoms with Crippen LogP contribution in [0.25, 0.3) is 0 Å². The third-order valence-electron chi connectivity index (χ3n) is 5.09. The number of thiol groups is 1. The summed E-state index contributed by atoms with van der Waals surface area (Å²) in [6, 6.07) is 17.3. The SMILES string of the molecule is CC1(C)O[C@@H]2[C@@H](OC(=O)c3ccccc3)[C@H](S)O[C@H](COC(=O)c3ccccc3)[C@@H]2O1. The van der Waals surface area contributed by atoms with E-state index in [1.54, 1.807) is 62.4 Å². The van der Waals surface area contributed by atoms with Crippen molar-refractivity contribution in [2.24, 2.45) is 0 Å². The summed E-state index contributed by atoms with van der Waals surface area (Å²) in [6.07, 6.45) is -2.66. The van der Waals surface area contributed by atoms with E-state index < -0.39 is 47.6 Å². The molecule has 5 atom stereocenters. The Kier molecular flexibility index (Phi) is 6.34. The lowest BCUT2D eigenvalue weighted by Crippen LogP contribution is -2.57. The van der Waals surface area contributed by atoms with E-state index in [1.807, 2.05) is 12.1 Å². The van der Waals surface area contributed by atoms with Crippen LogP contribution in [0.4, 0.5) is 0 Å². The molecule has 2 aliphatic rings. The van der Waals surface area contributed by atoms with Crippen molar-refractivity contribution in [1.29, 1.82) is 0 Å². The molecular formula is C23H24O7S. The van der Waals surface area contributed by atoms with Crippen molar-refractivity contribution >= 4 is 24.6 Å². The van der Waals surface area contributed by atoms with E-state index in [-0.39, 0.29) is 6.61 Å². The van der Waals surface area contributed by atoms with Crippen LogP contribution in [-0.2, 0) is 23.7 Å². The van der Waals surface area contributed by atoms with Gasteiger partial charge in [-0.3, -0.25) is 0 Å². The van der Waals surface area contributed by atoms with Gasteiger partial charge in [0.1, 0.15) is 30.4 Å². The van der Waals surface area contributed by atoms with Crippen LogP contribution in [0, 0.1) is 0 Å². The Morgan fingerprint density at radius 2 is 1.45 bits per heavy atom. The maximum absolute atomic E-state index is 12.6. The summed E-state index contributed by atoms with van der Waals surface area (Å²) in [6.45, 7) is 3.48. The molecule has 0 aromatic heterocycles. The van der Waals surface area contributed by atoms with Gasteiger partial charge in [0.2, 0.25) is 0 Å². The Morgan fingerprint density at radius 1 is 0.903 bits per heavy atom. The number of esters is 2. The van der Waals surface area contributed by atoms with E-state index >= 15 is 0 Å². The summed E-state index contributed by atoms with van der Waals surface area (Å²) in [5.74, 6) is -1.89. The highest BCUT2D eigenvalue weighted by molar-refractivity contribution is 7.80. The van der Waals surface area contributed by atoms with Gasteiger partial charge in [-0.1, -0.05) is 36.4 Å². The first kappa shape index (κ1) is 21.8. The number of hydrogen-bond acceptors (Lipinski definition) is 8. The molecule has 0 aliphatic carbocycles. The lowest BCUT2D eigenvalue weighted by Gasteiger charge is -2.39. The predicted molar refractivity (Wildman–Crippen MR) is 114 cm³/mol. The van der Waals surface area contributed by atoms with Crippen molar-refractivity contribution in [1.82, 2.24) is 0 Å². The molecule has 8 heteroatoms. The van der Waals surface area contributed by atoms with Crippen LogP contribution in [-0.4, -0.2) is 54.2 Å². The molecule has 2 aromatic carbocycles. The van der Waals surface area contributed by atoms with Crippen LogP contribution in [0.1, 0.15) is 34.6 Å². The van der Waals surface area contributed by atoms with E-state index in [4.69, 9.17) is 23.7 Å². The highest BCUT2D eigenvalue weighted by atomic mass is 32.1. The molecule has 31 heavy (non-hydrogen) atoms. The monoisotopic (exact) mass is 444 g/mol. The first-order chi connectivity index (χ1) is 14.8. The molecular weight excluding hydrogens is 420 g/mol. The fourth-order valence-electron chi connectivity index (χ4n) is 3.70. The molecule has 0 spiro atoms. The van der Waals surface area contributed by atoms with E-state index in [0.717, 1.165) is 0 Å². The molecule has 2 fully saturated rings. The second kappa shape index (κ2) is 9.00. The van der Waals surface area contributed by atoms with E-state index in [9.17, 15) is 9.59 Å². The zero-order valence-electron chi connectivity index (χ0n) is 17.2. The molecule has 4 rings (SSSR count). The van der Waals surface area contributed by atoms with Crippen molar-refractivity contribution < 1.29 is 33.3 Å². The fourth-order valence-corrected chi connectivity index (χ4v) is 4.08. The lowest BCUT2D eigenvalue weighted by molar-refractivity contribution is -0.169. The van der Waals surface area contributed by atoms with E-state index in [2.05, 4.69) is 12.6 Å². The molecule has 2 heterocycles. The van der Waals surface area contributed by atoms with Gasteiger partial charge >= 0.3 is 11.9 Å². The van der Waals surface area contributed by atoms with E-state index in [0.29, 0.717) is 11.1 Å². The quantitative estimate of drug-likeness (QED) is 0.560. The van der Waals surface area contributed by atoms with Crippen molar-refractivity contribution in [3.8, 4) is 0 Å². The molecule has 7 nitrogen and oxygen atoms in total. The van der Waals surface area contributed by atoms with Crippen molar-refractivity contribution in [3.63, 3.8) is 0 Å². The second-order valence-corrected chi connectivity index (χ2v) is 8.34. The molecule has 0 radical (unpaired) electrons. The van der Waals surface area contributed by atoms with Gasteiger partial charge in [0.25, 0.3) is 0 Å². The molecule has 0 N–H and O–H groups in total. The smallest absolute Gasteiger partial charge is 0.338 e. The number of fused-ring (bicyclic) bond motifs is 1. The van der Waals surface area contributed by atoms with Crippen molar-refractivity contribution in [3.05, 3.63) is 71.8 Å². The Bertz CT molecular complexity index is 918. The lowest BCUT2D eigenvalue weighted by atomic mass is 10.00. The van der Waals surface area contributed by atoms with Crippen LogP contribution in [0.5, 0.6) is 0 Å². The Balaban J connectivity index is 1.46. The molecule has 0 bridgehead atoms. The van der Waals surface area contributed by atoms with Gasteiger partial charge in [0.15, 0.2) is 11.9 Å². The topological polar surface area (TPSA) is 80.3 Å². The standard InChI is InChI=1S/C23H24O7S/c1-23(2)29-17-16(13-26-20(24)14-9-5-3-6-10-14)27-22(31)19(18(17)30-23)28-21(25)15-11-7-4-8-12-15/h3-12,16-19,22,31H,13H2,1-2H3/t16-,17+,18+,19-,22+/m1/s1. The Hall–Kier alpha value is -2.39. The Labute approximate surface area is 186 Å². The highest BCUT2D eigenvalue weighted by Gasteiger charge is 2.56. The van der Waals surface area contributed by atoms with Gasteiger partial charge in [-0.05, 0) is 38.1 Å². The molecule has 0 saturated carbocycles. The molecule has 2 aliphatic heterocycles. The number of rotatable bonds is 5. The first-order valence-electron chi connectivity index (χ1n) is 10.0. The minimum atomic E-state index is -0.921. The molecule has 164 valence electrons. The number of carbonyl (C=O) groups is 2. The van der Waals surface area contributed by atoms with Gasteiger partial charge < -0.3 is 23.7 Å². The third kappa shape index (κ3) is 4.93. The maximum Gasteiger partial charge on any atom is 0.338 e. The number of benzene rings is 2. The van der Waals surface area contributed by atoms with Gasteiger partial charge in [-0.25, -0.2) is 9.59 Å². The summed E-state index contributed by atoms with van der Waals surface area (Å²) in [5, 5.41) is 0. The second-order valence-electron chi connectivity index (χ2n) is 7.83. The molecule has 0 amide bonds. The fraction of sp³-hybridized carbons (Fsp3) is 0.391. The summed E-state index contributed by atoms with van der Waals surface area (Å²) < 4.78 is 29.1. The van der Waals surface area contributed by atoms with Gasteiger partial charge in [-0.15, -0.1) is 12.6 Å². The van der Waals surface area contributed by atoms with Gasteiger partial charge in [0.05, 0.1) is 11.1 Å². The number of hydrogen-bond donors (Lipinski definition) is 1. The Morgan fingerprint density at radius 3 is 2.06 bits per heavy atom. The zero-order valence-corrected chi connectivity index (χ0v) is 18.1. The van der Waals surface area contributed by atoms with Crippen LogP contribution in [0.2, 0.25) is 0 Å². The number of ether oxygens (including phenoxy) is 5. The summed E-state index contributed by atoms with van der Waals surface area (Å²) in [7, 11) is 0. The zero-order chi connectivity index (χ0) is 22.0. The third-order valence-corrected chi connectivity index (χ3v) is 5.51. The molecule has 2 aromatic rings. The van der Waals surface area contributed by atoms with Gasteiger partial charge in [0, 0.05) is 0 Å². The minimum Gasteiger partial charge on any atom is -0.459 e. The van der Waals surface area contributed by atoms with Crippen LogP contribution < -0.4 is 0 Å². The van der Waals surface area contributed by atoms with Crippen molar-refractivity contribution in [2.45, 2.75) is 49.5 Å². The van der Waals surface area contributed by atoms with Crippen molar-refractivity contribution in [2.75, 3.05) is 6.61 Å². The van der Waals surface area contributed by atoms with Gasteiger partial charge in [-0.2, -0.15) is 0 Å².